The molecule has 22 heavy (non-hydrogen) atoms. The first-order valence-corrected chi connectivity index (χ1v) is 8.12. The Bertz CT molecular complexity index is 673. The van der Waals surface area contributed by atoms with Gasteiger partial charge in [0.15, 0.2) is 17.6 Å². The van der Waals surface area contributed by atoms with Crippen LogP contribution in [0, 0.1) is 5.92 Å². The minimum Gasteiger partial charge on any atom is -0.504 e. The van der Waals surface area contributed by atoms with Gasteiger partial charge in [-0.15, -0.1) is 0 Å². The molecule has 2 bridgehead atoms. The van der Waals surface area contributed by atoms with E-state index in [4.69, 9.17) is 4.74 Å². The Kier molecular flexibility index (Phi) is 2.26. The zero-order valence-corrected chi connectivity index (χ0v) is 12.6. The average molecular weight is 303 g/mol. The van der Waals surface area contributed by atoms with Gasteiger partial charge in [-0.2, -0.15) is 0 Å². The summed E-state index contributed by atoms with van der Waals surface area (Å²) in [5.74, 6) is -0.852. The summed E-state index contributed by atoms with van der Waals surface area (Å²) >= 11 is 0. The molecular weight excluding hydrogens is 282 g/mol. The monoisotopic (exact) mass is 303 g/mol. The minimum atomic E-state index is -1.82. The van der Waals surface area contributed by atoms with Gasteiger partial charge in [0.25, 0.3) is 0 Å². The molecule has 2 fully saturated rings. The molecule has 0 radical (unpaired) electrons. The molecule has 1 aromatic rings. The molecular formula is C17H21NO4. The summed E-state index contributed by atoms with van der Waals surface area (Å²) in [5.41, 5.74) is 1.89. The van der Waals surface area contributed by atoms with Crippen LogP contribution in [0.3, 0.4) is 0 Å². The van der Waals surface area contributed by atoms with Gasteiger partial charge in [-0.25, -0.2) is 0 Å². The summed E-state index contributed by atoms with van der Waals surface area (Å²) in [6.45, 7) is 0.922. The predicted octanol–water partition coefficient (Wildman–Crippen LogP) is 0.742. The standard InChI is InChI=1S/C17H21NO4/c1-18-7-6-16-10-4-5-17(20,21)15(16)22-14-12(19)3-2-9(13(14)16)8-11(10)18/h2-3,10-11,15,19-21H,4-8H2,1H3/t10-,11+,15+,16-/m0/s1. The highest BCUT2D eigenvalue weighted by Crippen LogP contribution is 2.64. The van der Waals surface area contributed by atoms with E-state index in [9.17, 15) is 15.3 Å². The van der Waals surface area contributed by atoms with Gasteiger partial charge in [-0.3, -0.25) is 0 Å². The molecule has 1 spiro atoms. The van der Waals surface area contributed by atoms with Crippen molar-refractivity contribution < 1.29 is 20.1 Å². The number of hydrogen-bond donors (Lipinski definition) is 3. The van der Waals surface area contributed by atoms with E-state index in [1.807, 2.05) is 6.07 Å². The van der Waals surface area contributed by atoms with E-state index in [-0.39, 0.29) is 11.2 Å². The lowest BCUT2D eigenvalue weighted by atomic mass is 9.51. The van der Waals surface area contributed by atoms with E-state index >= 15 is 0 Å². The number of aromatic hydroxyl groups is 1. The number of aliphatic hydroxyl groups is 2. The first-order valence-electron chi connectivity index (χ1n) is 8.12. The molecule has 2 aliphatic carbocycles. The van der Waals surface area contributed by atoms with Crippen LogP contribution in [0.25, 0.3) is 0 Å². The SMILES string of the molecule is CN1CC[C@]23c4c5ccc(O)c4O[C@H]2C(O)(O)CC[C@H]3[C@H]1C5. The molecule has 0 aromatic heterocycles. The Hall–Kier alpha value is -1.30. The number of benzene rings is 1. The molecule has 5 rings (SSSR count). The van der Waals surface area contributed by atoms with Crippen LogP contribution in [-0.4, -0.2) is 51.7 Å². The van der Waals surface area contributed by atoms with Gasteiger partial charge in [-0.1, -0.05) is 6.07 Å². The minimum absolute atomic E-state index is 0.120. The fourth-order valence-electron chi connectivity index (χ4n) is 5.74. The number of likely N-dealkylation sites (N-methyl/N-ethyl adjacent to an activating group) is 1. The molecule has 4 atom stereocenters. The van der Waals surface area contributed by atoms with Crippen molar-refractivity contribution in [3.8, 4) is 11.5 Å². The molecule has 2 heterocycles. The molecule has 5 nitrogen and oxygen atoms in total. The summed E-state index contributed by atoms with van der Waals surface area (Å²) in [6, 6.07) is 4.07. The number of ether oxygens (including phenoxy) is 1. The number of piperidine rings is 1. The van der Waals surface area contributed by atoms with Crippen molar-refractivity contribution in [1.82, 2.24) is 4.90 Å². The molecule has 4 aliphatic rings. The summed E-state index contributed by atoms with van der Waals surface area (Å²) < 4.78 is 5.99. The predicted molar refractivity (Wildman–Crippen MR) is 78.8 cm³/mol. The van der Waals surface area contributed by atoms with Crippen LogP contribution >= 0.6 is 0 Å². The van der Waals surface area contributed by atoms with Crippen molar-refractivity contribution in [2.75, 3.05) is 13.6 Å². The van der Waals surface area contributed by atoms with E-state index in [1.165, 1.54) is 5.56 Å². The lowest BCUT2D eigenvalue weighted by Crippen LogP contribution is -2.69. The fraction of sp³-hybridized carbons (Fsp3) is 0.647. The lowest BCUT2D eigenvalue weighted by molar-refractivity contribution is -0.265. The van der Waals surface area contributed by atoms with Crippen molar-refractivity contribution >= 4 is 0 Å². The zero-order valence-electron chi connectivity index (χ0n) is 12.6. The Morgan fingerprint density at radius 3 is 2.91 bits per heavy atom. The first kappa shape index (κ1) is 13.2. The van der Waals surface area contributed by atoms with E-state index in [1.54, 1.807) is 6.07 Å². The van der Waals surface area contributed by atoms with Gasteiger partial charge in [0.2, 0.25) is 5.79 Å². The quantitative estimate of drug-likeness (QED) is 0.617. The molecule has 118 valence electrons. The highest BCUT2D eigenvalue weighted by molar-refractivity contribution is 5.60. The largest absolute Gasteiger partial charge is 0.504 e. The van der Waals surface area contributed by atoms with Gasteiger partial charge in [-0.05, 0) is 50.4 Å². The van der Waals surface area contributed by atoms with Crippen molar-refractivity contribution in [2.24, 2.45) is 5.92 Å². The fourth-order valence-corrected chi connectivity index (χ4v) is 5.74. The van der Waals surface area contributed by atoms with Crippen molar-refractivity contribution in [3.63, 3.8) is 0 Å². The lowest BCUT2D eigenvalue weighted by Gasteiger charge is -2.59. The topological polar surface area (TPSA) is 73.2 Å². The zero-order chi connectivity index (χ0) is 15.3. The van der Waals surface area contributed by atoms with Gasteiger partial charge in [0.1, 0.15) is 0 Å². The Morgan fingerprint density at radius 2 is 2.09 bits per heavy atom. The van der Waals surface area contributed by atoms with Crippen LogP contribution in [0.2, 0.25) is 0 Å². The molecule has 0 unspecified atom stereocenters. The van der Waals surface area contributed by atoms with E-state index < -0.39 is 11.9 Å². The second-order valence-corrected chi connectivity index (χ2v) is 7.51. The molecule has 1 aromatic carbocycles. The highest BCUT2D eigenvalue weighted by Gasteiger charge is 2.69. The third kappa shape index (κ3) is 1.28. The molecule has 5 heteroatoms. The van der Waals surface area contributed by atoms with Crippen LogP contribution in [0.4, 0.5) is 0 Å². The third-order valence-corrected chi connectivity index (χ3v) is 6.63. The van der Waals surface area contributed by atoms with Crippen LogP contribution < -0.4 is 4.74 Å². The maximum Gasteiger partial charge on any atom is 0.201 e. The second-order valence-electron chi connectivity index (χ2n) is 7.51. The Morgan fingerprint density at radius 1 is 1.27 bits per heavy atom. The maximum atomic E-state index is 10.5. The second kappa shape index (κ2) is 3.78. The molecule has 1 saturated carbocycles. The smallest absolute Gasteiger partial charge is 0.201 e. The number of rotatable bonds is 0. The summed E-state index contributed by atoms with van der Waals surface area (Å²) in [4.78, 5) is 2.41. The Balaban J connectivity index is 1.82. The van der Waals surface area contributed by atoms with E-state index in [0.29, 0.717) is 24.1 Å². The molecule has 0 amide bonds. The van der Waals surface area contributed by atoms with Crippen LogP contribution in [0.15, 0.2) is 12.1 Å². The number of phenolic OH excluding ortho intramolecular Hbond substituents is 1. The number of phenols is 1. The Labute approximate surface area is 129 Å². The summed E-state index contributed by atoms with van der Waals surface area (Å²) in [7, 11) is 2.16. The molecule has 3 N–H and O–H groups in total. The third-order valence-electron chi connectivity index (χ3n) is 6.63. The van der Waals surface area contributed by atoms with E-state index in [0.717, 1.165) is 31.4 Å². The first-order chi connectivity index (χ1) is 10.4. The maximum absolute atomic E-state index is 10.5. The van der Waals surface area contributed by atoms with Crippen LogP contribution in [0.5, 0.6) is 11.5 Å². The van der Waals surface area contributed by atoms with Gasteiger partial charge >= 0.3 is 0 Å². The van der Waals surface area contributed by atoms with Crippen molar-refractivity contribution in [3.05, 3.63) is 23.3 Å². The van der Waals surface area contributed by atoms with Crippen molar-refractivity contribution in [2.45, 2.75) is 49.0 Å². The normalized spacial score (nSPS) is 41.0. The average Bonchev–Trinajstić information content (AvgIpc) is 2.83. The van der Waals surface area contributed by atoms with Gasteiger partial charge in [0, 0.05) is 23.4 Å². The van der Waals surface area contributed by atoms with Gasteiger partial charge < -0.3 is 25.0 Å². The summed E-state index contributed by atoms with van der Waals surface area (Å²) in [5, 5.41) is 31.3. The van der Waals surface area contributed by atoms with Crippen molar-refractivity contribution in [1.29, 1.82) is 0 Å². The number of nitrogens with zero attached hydrogens (tertiary/aromatic N) is 1. The summed E-state index contributed by atoms with van der Waals surface area (Å²) in [6.07, 6.45) is 2.25. The number of hydrogen-bond acceptors (Lipinski definition) is 5. The van der Waals surface area contributed by atoms with Gasteiger partial charge in [0.05, 0.1) is 0 Å². The highest BCUT2D eigenvalue weighted by atomic mass is 16.6. The molecule has 1 saturated heterocycles. The van der Waals surface area contributed by atoms with Crippen LogP contribution in [0.1, 0.15) is 30.4 Å². The number of likely N-dealkylation sites (tertiary alicyclic amines) is 1. The molecule has 2 aliphatic heterocycles. The van der Waals surface area contributed by atoms with E-state index in [2.05, 4.69) is 11.9 Å². The van der Waals surface area contributed by atoms with Crippen LogP contribution in [-0.2, 0) is 11.8 Å².